The highest BCUT2D eigenvalue weighted by molar-refractivity contribution is 5.96. The van der Waals surface area contributed by atoms with Gasteiger partial charge in [-0.15, -0.1) is 0 Å². The van der Waals surface area contributed by atoms with Crippen LogP contribution in [0, 0.1) is 0 Å². The SMILES string of the molecule is COCC(C)Nc1nc(OC)c2c(-c3ccc4nccn4n3)c[nH]c2n1. The normalized spacial score (nSPS) is 12.6. The predicted molar refractivity (Wildman–Crippen MR) is 97.4 cm³/mol. The van der Waals surface area contributed by atoms with Crippen molar-refractivity contribution in [2.24, 2.45) is 0 Å². The van der Waals surface area contributed by atoms with Crippen LogP contribution in [0.2, 0.25) is 0 Å². The fraction of sp³-hybridized carbons (Fsp3) is 0.294. The van der Waals surface area contributed by atoms with E-state index in [2.05, 4.69) is 30.4 Å². The zero-order valence-electron chi connectivity index (χ0n) is 14.7. The topological polar surface area (TPSA) is 102 Å². The molecule has 1 atom stereocenters. The quantitative estimate of drug-likeness (QED) is 0.547. The zero-order valence-corrected chi connectivity index (χ0v) is 14.7. The van der Waals surface area contributed by atoms with Crippen molar-refractivity contribution in [3.63, 3.8) is 0 Å². The Labute approximate surface area is 149 Å². The molecule has 0 saturated heterocycles. The van der Waals surface area contributed by atoms with Crippen LogP contribution in [-0.2, 0) is 4.74 Å². The van der Waals surface area contributed by atoms with E-state index in [-0.39, 0.29) is 6.04 Å². The minimum Gasteiger partial charge on any atom is -0.480 e. The lowest BCUT2D eigenvalue weighted by molar-refractivity contribution is 0.190. The Bertz CT molecular complexity index is 1060. The van der Waals surface area contributed by atoms with Gasteiger partial charge >= 0.3 is 0 Å². The molecule has 0 aliphatic rings. The lowest BCUT2D eigenvalue weighted by Crippen LogP contribution is -2.22. The van der Waals surface area contributed by atoms with Crippen molar-refractivity contribution in [1.29, 1.82) is 0 Å². The minimum atomic E-state index is 0.0712. The molecule has 4 aromatic heterocycles. The molecule has 0 fully saturated rings. The van der Waals surface area contributed by atoms with E-state index in [4.69, 9.17) is 9.47 Å². The first-order valence-electron chi connectivity index (χ1n) is 8.19. The maximum Gasteiger partial charge on any atom is 0.228 e. The van der Waals surface area contributed by atoms with Crippen LogP contribution in [0.5, 0.6) is 5.88 Å². The first-order valence-corrected chi connectivity index (χ1v) is 8.19. The van der Waals surface area contributed by atoms with Crippen molar-refractivity contribution in [1.82, 2.24) is 29.5 Å². The first-order chi connectivity index (χ1) is 12.7. The molecule has 4 aromatic rings. The van der Waals surface area contributed by atoms with Gasteiger partial charge in [-0.05, 0) is 19.1 Å². The summed E-state index contributed by atoms with van der Waals surface area (Å²) >= 11 is 0. The van der Waals surface area contributed by atoms with E-state index >= 15 is 0 Å². The number of nitrogens with one attached hydrogen (secondary N) is 2. The predicted octanol–water partition coefficient (Wildman–Crippen LogP) is 2.12. The summed E-state index contributed by atoms with van der Waals surface area (Å²) in [6.07, 6.45) is 5.38. The van der Waals surface area contributed by atoms with Gasteiger partial charge in [-0.2, -0.15) is 15.1 Å². The van der Waals surface area contributed by atoms with Gasteiger partial charge in [0, 0.05) is 37.3 Å². The van der Waals surface area contributed by atoms with Crippen molar-refractivity contribution in [2.45, 2.75) is 13.0 Å². The van der Waals surface area contributed by atoms with Gasteiger partial charge in [0.15, 0.2) is 5.65 Å². The largest absolute Gasteiger partial charge is 0.480 e. The molecule has 2 N–H and O–H groups in total. The minimum absolute atomic E-state index is 0.0712. The van der Waals surface area contributed by atoms with Crippen LogP contribution in [0.15, 0.2) is 30.7 Å². The number of rotatable bonds is 6. The second-order valence-electron chi connectivity index (χ2n) is 5.93. The molecule has 0 bridgehead atoms. The molecule has 9 nitrogen and oxygen atoms in total. The summed E-state index contributed by atoms with van der Waals surface area (Å²) in [6, 6.07) is 3.90. The van der Waals surface area contributed by atoms with Gasteiger partial charge in [0.05, 0.1) is 24.8 Å². The van der Waals surface area contributed by atoms with E-state index in [1.54, 1.807) is 31.1 Å². The van der Waals surface area contributed by atoms with E-state index in [9.17, 15) is 0 Å². The number of fused-ring (bicyclic) bond motifs is 2. The van der Waals surface area contributed by atoms with Crippen LogP contribution in [0.25, 0.3) is 27.9 Å². The molecule has 4 heterocycles. The molecule has 0 aliphatic heterocycles. The third kappa shape index (κ3) is 2.82. The Kier molecular flexibility index (Phi) is 4.13. The molecular formula is C17H19N7O2. The lowest BCUT2D eigenvalue weighted by Gasteiger charge is -2.13. The molecule has 4 rings (SSSR count). The van der Waals surface area contributed by atoms with Crippen LogP contribution in [0.4, 0.5) is 5.95 Å². The Morgan fingerprint density at radius 2 is 2.15 bits per heavy atom. The number of nitrogens with zero attached hydrogens (tertiary/aromatic N) is 5. The van der Waals surface area contributed by atoms with Crippen LogP contribution in [0.3, 0.4) is 0 Å². The summed E-state index contributed by atoms with van der Waals surface area (Å²) in [4.78, 5) is 16.4. The highest BCUT2D eigenvalue weighted by Crippen LogP contribution is 2.33. The highest BCUT2D eigenvalue weighted by Gasteiger charge is 2.17. The monoisotopic (exact) mass is 353 g/mol. The average Bonchev–Trinajstić information content (AvgIpc) is 3.27. The number of H-pyrrole nitrogens is 1. The summed E-state index contributed by atoms with van der Waals surface area (Å²) in [5.74, 6) is 0.955. The van der Waals surface area contributed by atoms with E-state index in [1.807, 2.05) is 25.3 Å². The Hall–Kier alpha value is -3.20. The summed E-state index contributed by atoms with van der Waals surface area (Å²) in [5.41, 5.74) is 3.10. The van der Waals surface area contributed by atoms with Crippen molar-refractivity contribution >= 4 is 22.6 Å². The van der Waals surface area contributed by atoms with E-state index in [1.165, 1.54) is 0 Å². The van der Waals surface area contributed by atoms with Gasteiger partial charge in [-0.3, -0.25) is 0 Å². The number of imidazole rings is 1. The van der Waals surface area contributed by atoms with Gasteiger partial charge in [-0.25, -0.2) is 9.50 Å². The van der Waals surface area contributed by atoms with Crippen LogP contribution < -0.4 is 10.1 Å². The second kappa shape index (κ2) is 6.60. The van der Waals surface area contributed by atoms with Crippen molar-refractivity contribution in [3.8, 4) is 17.1 Å². The van der Waals surface area contributed by atoms with Crippen molar-refractivity contribution in [2.75, 3.05) is 26.1 Å². The summed E-state index contributed by atoms with van der Waals surface area (Å²) < 4.78 is 12.4. The number of hydrogen-bond donors (Lipinski definition) is 2. The maximum atomic E-state index is 5.51. The van der Waals surface area contributed by atoms with E-state index in [0.717, 1.165) is 22.3 Å². The molecule has 0 spiro atoms. The maximum absolute atomic E-state index is 5.51. The van der Waals surface area contributed by atoms with Crippen molar-refractivity contribution in [3.05, 3.63) is 30.7 Å². The molecular weight excluding hydrogens is 334 g/mol. The van der Waals surface area contributed by atoms with Gasteiger partial charge in [0.25, 0.3) is 0 Å². The van der Waals surface area contributed by atoms with Gasteiger partial charge < -0.3 is 19.8 Å². The number of anilines is 1. The number of methoxy groups -OCH3 is 2. The van der Waals surface area contributed by atoms with Gasteiger partial charge in [0.1, 0.15) is 5.65 Å². The number of hydrogen-bond acceptors (Lipinski definition) is 7. The summed E-state index contributed by atoms with van der Waals surface area (Å²) in [7, 11) is 3.25. The average molecular weight is 353 g/mol. The fourth-order valence-corrected chi connectivity index (χ4v) is 2.89. The Morgan fingerprint density at radius 3 is 2.96 bits per heavy atom. The third-order valence-electron chi connectivity index (χ3n) is 4.01. The number of aromatic nitrogens is 6. The van der Waals surface area contributed by atoms with Crippen LogP contribution >= 0.6 is 0 Å². The zero-order chi connectivity index (χ0) is 18.1. The standard InChI is InChI=1S/C17H19N7O2/c1-10(9-25-2)20-17-21-15-14(16(22-17)26-3)11(8-19-15)12-4-5-13-18-6-7-24(13)23-12/h4-8,10H,9H2,1-3H3,(H2,19,20,21,22). The molecule has 0 amide bonds. The summed E-state index contributed by atoms with van der Waals surface area (Å²) in [5, 5.41) is 8.58. The highest BCUT2D eigenvalue weighted by atomic mass is 16.5. The molecule has 1 unspecified atom stereocenters. The van der Waals surface area contributed by atoms with Crippen LogP contribution in [-0.4, -0.2) is 56.4 Å². The molecule has 0 radical (unpaired) electrons. The Balaban J connectivity index is 1.79. The second-order valence-corrected chi connectivity index (χ2v) is 5.93. The number of aromatic amines is 1. The van der Waals surface area contributed by atoms with E-state index < -0.39 is 0 Å². The first kappa shape index (κ1) is 16.3. The fourth-order valence-electron chi connectivity index (χ4n) is 2.89. The third-order valence-corrected chi connectivity index (χ3v) is 4.01. The van der Waals surface area contributed by atoms with Gasteiger partial charge in [0.2, 0.25) is 11.8 Å². The molecule has 26 heavy (non-hydrogen) atoms. The van der Waals surface area contributed by atoms with Gasteiger partial charge in [-0.1, -0.05) is 0 Å². The Morgan fingerprint density at radius 1 is 1.27 bits per heavy atom. The number of ether oxygens (including phenoxy) is 2. The van der Waals surface area contributed by atoms with Crippen LogP contribution in [0.1, 0.15) is 6.92 Å². The summed E-state index contributed by atoms with van der Waals surface area (Å²) in [6.45, 7) is 2.54. The molecule has 0 aromatic carbocycles. The van der Waals surface area contributed by atoms with Crippen molar-refractivity contribution < 1.29 is 9.47 Å². The lowest BCUT2D eigenvalue weighted by atomic mass is 10.1. The smallest absolute Gasteiger partial charge is 0.228 e. The molecule has 0 aliphatic carbocycles. The molecule has 0 saturated carbocycles. The van der Waals surface area contributed by atoms with E-state index in [0.29, 0.717) is 24.1 Å². The molecule has 134 valence electrons. The molecule has 9 heteroatoms.